The highest BCUT2D eigenvalue weighted by atomic mass is 32.1. The highest BCUT2D eigenvalue weighted by Crippen LogP contribution is 2.32. The Hall–Kier alpha value is -2.81. The van der Waals surface area contributed by atoms with Crippen LogP contribution in [0.5, 0.6) is 17.4 Å². The van der Waals surface area contributed by atoms with Crippen LogP contribution in [0.3, 0.4) is 0 Å². The minimum atomic E-state index is -0.486. The van der Waals surface area contributed by atoms with E-state index in [4.69, 9.17) is 17.0 Å². The maximum Gasteiger partial charge on any atom is 0.264 e. The Bertz CT molecular complexity index is 947. The van der Waals surface area contributed by atoms with Crippen molar-refractivity contribution >= 4 is 17.9 Å². The lowest BCUT2D eigenvalue weighted by atomic mass is 9.99. The Kier molecular flexibility index (Phi) is 4.02. The van der Waals surface area contributed by atoms with Crippen LogP contribution in [-0.4, -0.2) is 32.6 Å². The van der Waals surface area contributed by atoms with Crippen LogP contribution in [0.15, 0.2) is 28.1 Å². The summed E-state index contributed by atoms with van der Waals surface area (Å²) in [5, 5.41) is 24.1. The van der Waals surface area contributed by atoms with Gasteiger partial charge in [0, 0.05) is 13.5 Å². The van der Waals surface area contributed by atoms with Crippen LogP contribution in [0.25, 0.3) is 0 Å². The molecule has 0 unspecified atom stereocenters. The number of nitrogens with one attached hydrogen (secondary N) is 2. The third-order valence-electron chi connectivity index (χ3n) is 3.94. The average molecular weight is 348 g/mol. The maximum atomic E-state index is 12.1. The number of aromatic nitrogens is 2. The minimum Gasteiger partial charge on any atom is -0.504 e. The molecule has 0 fully saturated rings. The van der Waals surface area contributed by atoms with Crippen molar-refractivity contribution in [2.75, 3.05) is 7.11 Å². The predicted molar refractivity (Wildman–Crippen MR) is 90.2 cm³/mol. The molecular weight excluding hydrogens is 332 g/mol. The van der Waals surface area contributed by atoms with Crippen LogP contribution >= 0.6 is 12.2 Å². The Morgan fingerprint density at radius 3 is 2.88 bits per heavy atom. The number of hydrogen-bond acceptors (Lipinski definition) is 7. The summed E-state index contributed by atoms with van der Waals surface area (Å²) in [6.45, 7) is 0. The van der Waals surface area contributed by atoms with Crippen molar-refractivity contribution in [1.82, 2.24) is 15.0 Å². The number of phenols is 1. The van der Waals surface area contributed by atoms with Gasteiger partial charge in [0.2, 0.25) is 5.88 Å². The van der Waals surface area contributed by atoms with Gasteiger partial charge in [0.25, 0.3) is 5.56 Å². The number of phenolic OH excluding ortho intramolecular Hbond substituents is 1. The number of hydrazone groups is 1. The molecule has 4 N–H and O–H groups in total. The minimum absolute atomic E-state index is 0.0440. The Balaban J connectivity index is 1.93. The van der Waals surface area contributed by atoms with Gasteiger partial charge < -0.3 is 20.4 Å². The maximum absolute atomic E-state index is 12.1. The Labute approximate surface area is 142 Å². The summed E-state index contributed by atoms with van der Waals surface area (Å²) >= 11 is 4.96. The summed E-state index contributed by atoms with van der Waals surface area (Å²) in [6.07, 6.45) is 0.390. The summed E-state index contributed by atoms with van der Waals surface area (Å²) in [6, 6.07) is 4.76. The number of aromatic hydroxyl groups is 2. The molecule has 1 atom stereocenters. The molecule has 1 aliphatic rings. The average Bonchev–Trinajstić information content (AvgIpc) is 3.03. The van der Waals surface area contributed by atoms with Crippen molar-refractivity contribution in [1.29, 1.82) is 0 Å². The third-order valence-corrected chi connectivity index (χ3v) is 4.32. The summed E-state index contributed by atoms with van der Waals surface area (Å²) < 4.78 is 6.54. The Morgan fingerprint density at radius 1 is 1.42 bits per heavy atom. The van der Waals surface area contributed by atoms with E-state index in [0.29, 0.717) is 17.9 Å². The largest absolute Gasteiger partial charge is 0.504 e. The molecule has 3 rings (SSSR count). The molecule has 126 valence electrons. The molecule has 0 radical (unpaired) electrons. The number of hydrogen-bond donors (Lipinski definition) is 4. The van der Waals surface area contributed by atoms with E-state index in [0.717, 1.165) is 5.56 Å². The number of nitrogens with zero attached hydrogens (tertiary/aromatic N) is 2. The second kappa shape index (κ2) is 6.00. The highest BCUT2D eigenvalue weighted by Gasteiger charge is 2.26. The fourth-order valence-electron chi connectivity index (χ4n) is 2.57. The van der Waals surface area contributed by atoms with E-state index >= 15 is 0 Å². The van der Waals surface area contributed by atoms with E-state index in [1.807, 2.05) is 0 Å². The molecule has 0 amide bonds. The van der Waals surface area contributed by atoms with Gasteiger partial charge in [0.15, 0.2) is 16.3 Å². The van der Waals surface area contributed by atoms with E-state index in [1.165, 1.54) is 17.7 Å². The van der Waals surface area contributed by atoms with E-state index in [2.05, 4.69) is 15.5 Å². The SMILES string of the molecule is COc1cc([C@H]2CC(c3c(O)n(C)c(=S)[nH]c3=O)=NN2)ccc1O. The molecule has 0 bridgehead atoms. The van der Waals surface area contributed by atoms with Gasteiger partial charge in [0.05, 0.1) is 18.9 Å². The second-order valence-electron chi connectivity index (χ2n) is 5.39. The van der Waals surface area contributed by atoms with Gasteiger partial charge in [-0.2, -0.15) is 5.10 Å². The van der Waals surface area contributed by atoms with Gasteiger partial charge in [0.1, 0.15) is 5.56 Å². The summed E-state index contributed by atoms with van der Waals surface area (Å²) in [4.78, 5) is 14.6. The molecular formula is C15H16N4O4S. The topological polar surface area (TPSA) is 112 Å². The fraction of sp³-hybridized carbons (Fsp3) is 0.267. The predicted octanol–water partition coefficient (Wildman–Crippen LogP) is 1.30. The molecule has 0 saturated carbocycles. The second-order valence-corrected chi connectivity index (χ2v) is 5.78. The molecule has 24 heavy (non-hydrogen) atoms. The van der Waals surface area contributed by atoms with Crippen molar-refractivity contribution in [3.63, 3.8) is 0 Å². The summed E-state index contributed by atoms with van der Waals surface area (Å²) in [5.41, 5.74) is 3.80. The first-order valence-corrected chi connectivity index (χ1v) is 7.54. The zero-order chi connectivity index (χ0) is 17.4. The van der Waals surface area contributed by atoms with Crippen LogP contribution in [-0.2, 0) is 7.05 Å². The zero-order valence-corrected chi connectivity index (χ0v) is 13.8. The van der Waals surface area contributed by atoms with Gasteiger partial charge in [-0.15, -0.1) is 0 Å². The van der Waals surface area contributed by atoms with Crippen molar-refractivity contribution in [2.24, 2.45) is 12.1 Å². The van der Waals surface area contributed by atoms with Crippen LogP contribution < -0.4 is 15.7 Å². The van der Waals surface area contributed by atoms with Crippen LogP contribution in [0.1, 0.15) is 23.6 Å². The molecule has 0 aliphatic carbocycles. The lowest BCUT2D eigenvalue weighted by Crippen LogP contribution is -2.21. The fourth-order valence-corrected chi connectivity index (χ4v) is 2.75. The van der Waals surface area contributed by atoms with Crippen LogP contribution in [0.4, 0.5) is 0 Å². The van der Waals surface area contributed by atoms with Gasteiger partial charge in [-0.25, -0.2) is 0 Å². The van der Waals surface area contributed by atoms with Crippen molar-refractivity contribution in [2.45, 2.75) is 12.5 Å². The van der Waals surface area contributed by atoms with E-state index < -0.39 is 5.56 Å². The number of benzene rings is 1. The number of rotatable bonds is 3. The van der Waals surface area contributed by atoms with E-state index in [-0.39, 0.29) is 28.0 Å². The number of aromatic amines is 1. The van der Waals surface area contributed by atoms with Crippen LogP contribution in [0.2, 0.25) is 0 Å². The summed E-state index contributed by atoms with van der Waals surface area (Å²) in [7, 11) is 3.03. The molecule has 2 aromatic rings. The number of H-pyrrole nitrogens is 1. The van der Waals surface area contributed by atoms with Gasteiger partial charge >= 0.3 is 0 Å². The molecule has 1 aromatic carbocycles. The van der Waals surface area contributed by atoms with Crippen molar-refractivity contribution in [3.05, 3.63) is 44.5 Å². The molecule has 0 spiro atoms. The first-order chi connectivity index (χ1) is 11.4. The first-order valence-electron chi connectivity index (χ1n) is 7.14. The van der Waals surface area contributed by atoms with Gasteiger partial charge in [-0.3, -0.25) is 14.3 Å². The van der Waals surface area contributed by atoms with Crippen molar-refractivity contribution in [3.8, 4) is 17.4 Å². The Morgan fingerprint density at radius 2 is 2.17 bits per heavy atom. The number of ether oxygens (including phenoxy) is 1. The third kappa shape index (κ3) is 2.62. The lowest BCUT2D eigenvalue weighted by molar-refractivity contribution is 0.372. The van der Waals surface area contributed by atoms with E-state index in [9.17, 15) is 15.0 Å². The molecule has 1 aliphatic heterocycles. The number of methoxy groups -OCH3 is 1. The molecule has 9 heteroatoms. The standard InChI is InChI=1S/C15H16N4O4S/c1-19-14(22)12(13(21)16-15(19)24)9-6-8(17-18-9)7-3-4-10(20)11(5-7)23-2/h3-5,8,17,20,22H,6H2,1-2H3,(H,16,21,24)/t8-/m1/s1. The van der Waals surface area contributed by atoms with E-state index in [1.54, 1.807) is 19.2 Å². The lowest BCUT2D eigenvalue weighted by Gasteiger charge is -2.12. The first kappa shape index (κ1) is 16.1. The van der Waals surface area contributed by atoms with Crippen molar-refractivity contribution < 1.29 is 14.9 Å². The molecule has 8 nitrogen and oxygen atoms in total. The summed E-state index contributed by atoms with van der Waals surface area (Å²) in [5.74, 6) is 0.168. The smallest absolute Gasteiger partial charge is 0.264 e. The molecule has 1 aromatic heterocycles. The quantitative estimate of drug-likeness (QED) is 0.622. The van der Waals surface area contributed by atoms with Gasteiger partial charge in [-0.1, -0.05) is 6.07 Å². The zero-order valence-electron chi connectivity index (χ0n) is 13.0. The van der Waals surface area contributed by atoms with Crippen LogP contribution in [0, 0.1) is 4.77 Å². The molecule has 2 heterocycles. The van der Waals surface area contributed by atoms with Gasteiger partial charge in [-0.05, 0) is 29.9 Å². The monoisotopic (exact) mass is 348 g/mol. The molecule has 0 saturated heterocycles. The normalized spacial score (nSPS) is 16.6. The highest BCUT2D eigenvalue weighted by molar-refractivity contribution is 7.71.